The van der Waals surface area contributed by atoms with Crippen LogP contribution >= 0.6 is 8.25 Å². The van der Waals surface area contributed by atoms with Gasteiger partial charge in [0.2, 0.25) is 0 Å². The first-order chi connectivity index (χ1) is 10.8. The molecular formula is C13H19ClHgO8. The predicted octanol–water partition coefficient (Wildman–Crippen LogP) is 0.809. The summed E-state index contributed by atoms with van der Waals surface area (Å²) in [5.41, 5.74) is 0. The van der Waals surface area contributed by atoms with Crippen LogP contribution in [0.4, 0.5) is 0 Å². The minimum absolute atomic E-state index is 0.156. The van der Waals surface area contributed by atoms with Crippen molar-refractivity contribution in [1.29, 1.82) is 0 Å². The molecule has 0 bridgehead atoms. The summed E-state index contributed by atoms with van der Waals surface area (Å²) >= 11 is -2.03. The van der Waals surface area contributed by atoms with Crippen molar-refractivity contribution in [2.75, 3.05) is 13.7 Å². The molecule has 1 rings (SSSR count). The summed E-state index contributed by atoms with van der Waals surface area (Å²) in [6, 6.07) is 0. The molecule has 8 nitrogen and oxygen atoms in total. The second-order valence-corrected chi connectivity index (χ2v) is 12.6. The summed E-state index contributed by atoms with van der Waals surface area (Å²) in [7, 11) is 7.60. The van der Waals surface area contributed by atoms with Gasteiger partial charge in [-0.2, -0.15) is 0 Å². The second kappa shape index (κ2) is 9.75. The zero-order valence-electron chi connectivity index (χ0n) is 13.4. The zero-order chi connectivity index (χ0) is 17.6. The molecule has 5 atom stereocenters. The first-order valence-electron chi connectivity index (χ1n) is 7.02. The summed E-state index contributed by atoms with van der Waals surface area (Å²) < 4.78 is 26.2. The number of ether oxygens (including phenoxy) is 5. The monoisotopic (exact) mass is 540 g/mol. The van der Waals surface area contributed by atoms with Gasteiger partial charge in [-0.05, 0) is 0 Å². The molecule has 0 radical (unpaired) electrons. The summed E-state index contributed by atoms with van der Waals surface area (Å²) in [4.78, 5) is 33.9. The Hall–Kier alpha value is -0.445. The van der Waals surface area contributed by atoms with Crippen molar-refractivity contribution in [2.24, 2.45) is 0 Å². The van der Waals surface area contributed by atoms with Gasteiger partial charge in [0.15, 0.2) is 0 Å². The van der Waals surface area contributed by atoms with Crippen LogP contribution in [0.15, 0.2) is 0 Å². The molecule has 0 aromatic carbocycles. The Bertz CT molecular complexity index is 446. The predicted molar refractivity (Wildman–Crippen MR) is 73.0 cm³/mol. The standard InChI is InChI=1S/C13H19O8.ClH.Hg/c1-7(14)18-6-11-13(20-9(3)16)10(19-8(2)15)5-12(17-4)21-11;;/h5,10-13H,6H2,1-4H3;1H;/q;;+1/p-1. The van der Waals surface area contributed by atoms with Crippen LogP contribution < -0.4 is 0 Å². The zero-order valence-corrected chi connectivity index (χ0v) is 19.7. The molecule has 1 heterocycles. The van der Waals surface area contributed by atoms with E-state index in [4.69, 9.17) is 31.9 Å². The van der Waals surface area contributed by atoms with E-state index in [-0.39, 0.29) is 10.0 Å². The fraction of sp³-hybridized carbons (Fsp3) is 0.769. The maximum atomic E-state index is 11.4. The van der Waals surface area contributed by atoms with E-state index in [1.165, 1.54) is 27.9 Å². The number of carbonyl (C=O) groups excluding carboxylic acids is 3. The Labute approximate surface area is 149 Å². The van der Waals surface area contributed by atoms with Crippen molar-refractivity contribution in [1.82, 2.24) is 0 Å². The van der Waals surface area contributed by atoms with Crippen molar-refractivity contribution < 1.29 is 61.4 Å². The van der Waals surface area contributed by atoms with Crippen molar-refractivity contribution >= 4 is 26.2 Å². The van der Waals surface area contributed by atoms with E-state index in [0.717, 1.165) is 0 Å². The minimum atomic E-state index is -2.03. The maximum absolute atomic E-state index is 11.4. The van der Waals surface area contributed by atoms with E-state index in [1.54, 1.807) is 0 Å². The Morgan fingerprint density at radius 1 is 1.04 bits per heavy atom. The third kappa shape index (κ3) is 6.17. The van der Waals surface area contributed by atoms with Crippen LogP contribution in [0.25, 0.3) is 0 Å². The van der Waals surface area contributed by atoms with Gasteiger partial charge in [-0.3, -0.25) is 0 Å². The number of methoxy groups -OCH3 is 1. The number of hydrogen-bond acceptors (Lipinski definition) is 8. The molecule has 0 aromatic heterocycles. The fourth-order valence-corrected chi connectivity index (χ4v) is 9.03. The van der Waals surface area contributed by atoms with Crippen molar-refractivity contribution in [2.45, 2.75) is 48.8 Å². The van der Waals surface area contributed by atoms with E-state index in [1.807, 2.05) is 0 Å². The summed E-state index contributed by atoms with van der Waals surface area (Å²) in [6.45, 7) is 3.58. The summed E-state index contributed by atoms with van der Waals surface area (Å²) in [5, 5.41) is 0. The van der Waals surface area contributed by atoms with Gasteiger partial charge in [-0.1, -0.05) is 0 Å². The van der Waals surface area contributed by atoms with Gasteiger partial charge >= 0.3 is 150 Å². The molecule has 1 aliphatic heterocycles. The topological polar surface area (TPSA) is 97.4 Å². The summed E-state index contributed by atoms with van der Waals surface area (Å²) in [6.07, 6.45) is -3.21. The molecular weight excluding hydrogens is 520 g/mol. The Morgan fingerprint density at radius 3 is 2.04 bits per heavy atom. The van der Waals surface area contributed by atoms with Gasteiger partial charge in [0.05, 0.1) is 0 Å². The first-order valence-corrected chi connectivity index (χ1v) is 17.0. The van der Waals surface area contributed by atoms with Crippen LogP contribution in [0.2, 0.25) is 3.43 Å². The number of rotatable bonds is 6. The first kappa shape index (κ1) is 20.6. The molecule has 0 aliphatic carbocycles. The number of halogens is 1. The normalized spacial score (nSPS) is 30.0. The SMILES string of the molecule is COC1OC(COC(C)=O)C(OC(C)=O)C(OC(C)=O)[CH]1[Hg][Cl]. The quantitative estimate of drug-likeness (QED) is 0.278. The van der Waals surface area contributed by atoms with Crippen molar-refractivity contribution in [3.05, 3.63) is 0 Å². The molecule has 0 N–H and O–H groups in total. The second-order valence-electron chi connectivity index (χ2n) is 5.05. The molecule has 10 heteroatoms. The van der Waals surface area contributed by atoms with Crippen LogP contribution in [-0.4, -0.2) is 56.2 Å². The van der Waals surface area contributed by atoms with Gasteiger partial charge in [-0.25, -0.2) is 0 Å². The van der Waals surface area contributed by atoms with E-state index in [0.29, 0.717) is 0 Å². The van der Waals surface area contributed by atoms with Gasteiger partial charge in [0, 0.05) is 0 Å². The third-order valence-electron chi connectivity index (χ3n) is 3.24. The molecule has 128 valence electrons. The molecule has 1 fully saturated rings. The summed E-state index contributed by atoms with van der Waals surface area (Å²) in [5.74, 6) is -1.60. The van der Waals surface area contributed by atoms with Crippen LogP contribution in [0.1, 0.15) is 20.8 Å². The van der Waals surface area contributed by atoms with Crippen LogP contribution in [0.5, 0.6) is 0 Å². The van der Waals surface area contributed by atoms with E-state index >= 15 is 0 Å². The van der Waals surface area contributed by atoms with Crippen LogP contribution in [-0.2, 0) is 61.4 Å². The molecule has 0 saturated carbocycles. The molecule has 5 unspecified atom stereocenters. The number of carbonyl (C=O) groups is 3. The molecule has 0 aromatic rings. The number of esters is 3. The third-order valence-corrected chi connectivity index (χ3v) is 11.1. The Kier molecular flexibility index (Phi) is 8.74. The van der Waals surface area contributed by atoms with E-state index in [2.05, 4.69) is 0 Å². The molecule has 1 aliphatic rings. The van der Waals surface area contributed by atoms with Gasteiger partial charge < -0.3 is 0 Å². The number of hydrogen-bond donors (Lipinski definition) is 0. The Morgan fingerprint density at radius 2 is 1.61 bits per heavy atom. The van der Waals surface area contributed by atoms with Gasteiger partial charge in [0.25, 0.3) is 0 Å². The molecule has 23 heavy (non-hydrogen) atoms. The molecule has 1 saturated heterocycles. The molecule has 0 amide bonds. The van der Waals surface area contributed by atoms with Crippen molar-refractivity contribution in [3.8, 4) is 0 Å². The molecule has 0 spiro atoms. The van der Waals surface area contributed by atoms with Gasteiger partial charge in [-0.15, -0.1) is 0 Å². The van der Waals surface area contributed by atoms with E-state index in [9.17, 15) is 14.4 Å². The van der Waals surface area contributed by atoms with Gasteiger partial charge in [0.1, 0.15) is 0 Å². The Balaban J connectivity index is 3.08. The fourth-order valence-electron chi connectivity index (χ4n) is 2.37. The van der Waals surface area contributed by atoms with Crippen molar-refractivity contribution in [3.63, 3.8) is 0 Å². The van der Waals surface area contributed by atoms with E-state index < -0.39 is 65.8 Å². The average Bonchev–Trinajstić information content (AvgIpc) is 2.45. The average molecular weight is 539 g/mol. The van der Waals surface area contributed by atoms with Crippen LogP contribution in [0, 0.1) is 0 Å². The van der Waals surface area contributed by atoms with Crippen LogP contribution in [0.3, 0.4) is 0 Å².